The Hall–Kier alpha value is -3.68. The average molecular weight is 377 g/mol. The van der Waals surface area contributed by atoms with Crippen molar-refractivity contribution in [2.24, 2.45) is 0 Å². The molecule has 8 nitrogen and oxygen atoms in total. The normalized spacial score (nSPS) is 15.6. The quantitative estimate of drug-likeness (QED) is 0.684. The number of fused-ring (bicyclic) bond motifs is 1. The molecule has 2 aromatic heterocycles. The Morgan fingerprint density at radius 1 is 1.18 bits per heavy atom. The number of amides is 2. The lowest BCUT2D eigenvalue weighted by molar-refractivity contribution is 0.0600. The van der Waals surface area contributed by atoms with Gasteiger partial charge >= 0.3 is 12.0 Å². The molecular weight excluding hydrogens is 358 g/mol. The summed E-state index contributed by atoms with van der Waals surface area (Å²) in [6.45, 7) is 0.550. The van der Waals surface area contributed by atoms with Crippen LogP contribution in [0.2, 0.25) is 0 Å². The van der Waals surface area contributed by atoms with Crippen molar-refractivity contribution >= 4 is 17.7 Å². The maximum absolute atomic E-state index is 13.0. The van der Waals surface area contributed by atoms with E-state index < -0.39 is 5.97 Å². The lowest BCUT2D eigenvalue weighted by Gasteiger charge is -2.35. The van der Waals surface area contributed by atoms with Crippen LogP contribution in [0.15, 0.2) is 55.1 Å². The van der Waals surface area contributed by atoms with E-state index in [0.717, 1.165) is 17.0 Å². The summed E-state index contributed by atoms with van der Waals surface area (Å²) in [7, 11) is 1.33. The standard InChI is InChI=1S/C20H19N5O3/c1-28-19(26)14-2-4-15(5-3-14)24-20(27)25-11-8-16-17(23-12-22-16)18(25)13-6-9-21-10-7-13/h2-7,9-10,12,18H,8,11H2,1H3,(H,22,23)(H,24,27)/t18-/m1/s1. The van der Waals surface area contributed by atoms with Gasteiger partial charge in [-0.25, -0.2) is 14.6 Å². The first-order chi connectivity index (χ1) is 13.7. The van der Waals surface area contributed by atoms with E-state index in [0.29, 0.717) is 24.2 Å². The van der Waals surface area contributed by atoms with Gasteiger partial charge in [-0.1, -0.05) is 0 Å². The Kier molecular flexibility index (Phi) is 4.76. The third-order valence-corrected chi connectivity index (χ3v) is 4.76. The van der Waals surface area contributed by atoms with Gasteiger partial charge in [-0.15, -0.1) is 0 Å². The number of esters is 1. The SMILES string of the molecule is COC(=O)c1ccc(NC(=O)N2CCc3[nH]cnc3[C@H]2c2ccncc2)cc1. The summed E-state index contributed by atoms with van der Waals surface area (Å²) in [5.41, 5.74) is 3.84. The number of nitrogens with zero attached hydrogens (tertiary/aromatic N) is 3. The highest BCUT2D eigenvalue weighted by Crippen LogP contribution is 2.33. The first kappa shape index (κ1) is 17.7. The van der Waals surface area contributed by atoms with Crippen LogP contribution < -0.4 is 5.32 Å². The molecule has 0 unspecified atom stereocenters. The third-order valence-electron chi connectivity index (χ3n) is 4.76. The summed E-state index contributed by atoms with van der Waals surface area (Å²) in [6, 6.07) is 9.83. The molecule has 142 valence electrons. The Labute approximate surface area is 161 Å². The van der Waals surface area contributed by atoms with Gasteiger partial charge in [0.2, 0.25) is 0 Å². The number of H-pyrrole nitrogens is 1. The second-order valence-corrected chi connectivity index (χ2v) is 6.39. The van der Waals surface area contributed by atoms with Crippen molar-refractivity contribution in [2.45, 2.75) is 12.5 Å². The summed E-state index contributed by atoms with van der Waals surface area (Å²) in [4.78, 5) is 38.0. The van der Waals surface area contributed by atoms with Gasteiger partial charge in [0.05, 0.1) is 24.7 Å². The fraction of sp³-hybridized carbons (Fsp3) is 0.200. The Morgan fingerprint density at radius 3 is 2.64 bits per heavy atom. The number of aromatic nitrogens is 3. The predicted molar refractivity (Wildman–Crippen MR) is 102 cm³/mol. The fourth-order valence-electron chi connectivity index (χ4n) is 3.38. The van der Waals surface area contributed by atoms with E-state index in [2.05, 4.69) is 20.3 Å². The second kappa shape index (κ2) is 7.51. The molecule has 0 saturated carbocycles. The monoisotopic (exact) mass is 377 g/mol. The largest absolute Gasteiger partial charge is 0.465 e. The summed E-state index contributed by atoms with van der Waals surface area (Å²) in [5, 5.41) is 2.90. The molecule has 0 radical (unpaired) electrons. The Bertz CT molecular complexity index is 985. The van der Waals surface area contributed by atoms with Crippen molar-refractivity contribution < 1.29 is 14.3 Å². The number of rotatable bonds is 3. The van der Waals surface area contributed by atoms with Gasteiger partial charge in [0.15, 0.2) is 0 Å². The number of imidazole rings is 1. The molecule has 0 bridgehead atoms. The summed E-state index contributed by atoms with van der Waals surface area (Å²) in [5.74, 6) is -0.419. The molecule has 28 heavy (non-hydrogen) atoms. The third kappa shape index (κ3) is 3.32. The summed E-state index contributed by atoms with van der Waals surface area (Å²) in [6.07, 6.45) is 5.77. The molecule has 2 N–H and O–H groups in total. The van der Waals surface area contributed by atoms with Gasteiger partial charge in [-0.3, -0.25) is 4.98 Å². The maximum Gasteiger partial charge on any atom is 0.337 e. The van der Waals surface area contributed by atoms with E-state index in [1.165, 1.54) is 7.11 Å². The van der Waals surface area contributed by atoms with Crippen molar-refractivity contribution in [1.29, 1.82) is 0 Å². The number of urea groups is 1. The van der Waals surface area contributed by atoms with E-state index in [-0.39, 0.29) is 12.1 Å². The maximum atomic E-state index is 13.0. The van der Waals surface area contributed by atoms with Crippen LogP contribution in [0.4, 0.5) is 10.5 Å². The van der Waals surface area contributed by atoms with Crippen LogP contribution in [0.25, 0.3) is 0 Å². The minimum absolute atomic E-state index is 0.235. The molecule has 0 spiro atoms. The van der Waals surface area contributed by atoms with Crippen LogP contribution in [-0.4, -0.2) is 45.5 Å². The van der Waals surface area contributed by atoms with Crippen molar-refractivity contribution in [1.82, 2.24) is 19.9 Å². The highest BCUT2D eigenvalue weighted by Gasteiger charge is 2.34. The number of ether oxygens (including phenoxy) is 1. The van der Waals surface area contributed by atoms with E-state index in [1.54, 1.807) is 47.9 Å². The second-order valence-electron chi connectivity index (χ2n) is 6.39. The summed E-state index contributed by atoms with van der Waals surface area (Å²) >= 11 is 0. The number of anilines is 1. The Balaban J connectivity index is 1.58. The molecule has 0 aliphatic carbocycles. The van der Waals surface area contributed by atoms with Gasteiger partial charge in [0.25, 0.3) is 0 Å². The minimum atomic E-state index is -0.419. The number of methoxy groups -OCH3 is 1. The molecule has 0 fully saturated rings. The highest BCUT2D eigenvalue weighted by atomic mass is 16.5. The predicted octanol–water partition coefficient (Wildman–Crippen LogP) is 2.77. The fourth-order valence-corrected chi connectivity index (χ4v) is 3.38. The summed E-state index contributed by atoms with van der Waals surface area (Å²) < 4.78 is 4.69. The van der Waals surface area contributed by atoms with E-state index in [9.17, 15) is 9.59 Å². The van der Waals surface area contributed by atoms with Crippen molar-refractivity contribution in [3.05, 3.63) is 77.6 Å². The zero-order valence-electron chi connectivity index (χ0n) is 15.3. The molecule has 3 aromatic rings. The molecule has 2 amide bonds. The number of carbonyl (C=O) groups is 2. The molecule has 1 aromatic carbocycles. The van der Waals surface area contributed by atoms with Gasteiger partial charge in [-0.05, 0) is 42.0 Å². The van der Waals surface area contributed by atoms with Crippen molar-refractivity contribution in [3.63, 3.8) is 0 Å². The molecular formula is C20H19N5O3. The van der Waals surface area contributed by atoms with Crippen LogP contribution in [-0.2, 0) is 11.2 Å². The zero-order chi connectivity index (χ0) is 19.5. The molecule has 0 saturated heterocycles. The highest BCUT2D eigenvalue weighted by molar-refractivity contribution is 5.92. The zero-order valence-corrected chi connectivity index (χ0v) is 15.3. The first-order valence-corrected chi connectivity index (χ1v) is 8.85. The van der Waals surface area contributed by atoms with Crippen molar-refractivity contribution in [3.8, 4) is 0 Å². The van der Waals surface area contributed by atoms with Gasteiger partial charge < -0.3 is 19.9 Å². The smallest absolute Gasteiger partial charge is 0.337 e. The van der Waals surface area contributed by atoms with Gasteiger partial charge in [0.1, 0.15) is 6.04 Å². The lowest BCUT2D eigenvalue weighted by atomic mass is 9.97. The molecule has 4 rings (SSSR count). The van der Waals surface area contributed by atoms with Crippen LogP contribution >= 0.6 is 0 Å². The van der Waals surface area contributed by atoms with E-state index in [1.807, 2.05) is 12.1 Å². The van der Waals surface area contributed by atoms with Gasteiger partial charge in [0, 0.05) is 36.7 Å². The van der Waals surface area contributed by atoms with E-state index in [4.69, 9.17) is 4.74 Å². The molecule has 1 atom stereocenters. The van der Waals surface area contributed by atoms with Crippen LogP contribution in [0.5, 0.6) is 0 Å². The van der Waals surface area contributed by atoms with Crippen LogP contribution in [0.1, 0.15) is 33.4 Å². The van der Waals surface area contributed by atoms with E-state index >= 15 is 0 Å². The van der Waals surface area contributed by atoms with Crippen molar-refractivity contribution in [2.75, 3.05) is 19.0 Å². The van der Waals surface area contributed by atoms with Gasteiger partial charge in [-0.2, -0.15) is 0 Å². The number of hydrogen-bond donors (Lipinski definition) is 2. The number of nitrogens with one attached hydrogen (secondary N) is 2. The molecule has 3 heterocycles. The number of carbonyl (C=O) groups excluding carboxylic acids is 2. The van der Waals surface area contributed by atoms with Crippen LogP contribution in [0, 0.1) is 0 Å². The average Bonchev–Trinajstić information content (AvgIpc) is 3.22. The minimum Gasteiger partial charge on any atom is -0.465 e. The molecule has 1 aliphatic rings. The molecule has 8 heteroatoms. The Morgan fingerprint density at radius 2 is 1.93 bits per heavy atom. The topological polar surface area (TPSA) is 100 Å². The molecule has 1 aliphatic heterocycles. The number of benzene rings is 1. The van der Waals surface area contributed by atoms with Crippen LogP contribution in [0.3, 0.4) is 0 Å². The number of aromatic amines is 1. The lowest BCUT2D eigenvalue weighted by Crippen LogP contribution is -2.43. The number of hydrogen-bond acceptors (Lipinski definition) is 5. The first-order valence-electron chi connectivity index (χ1n) is 8.85. The number of pyridine rings is 1.